The van der Waals surface area contributed by atoms with Gasteiger partial charge in [0.2, 0.25) is 0 Å². The average Bonchev–Trinajstić information content (AvgIpc) is 2.17. The quantitative estimate of drug-likeness (QED) is 0.551. The largest absolute Gasteiger partial charge is 0.481 e. The highest BCUT2D eigenvalue weighted by Crippen LogP contribution is 2.09. The molecule has 0 aliphatic carbocycles. The van der Waals surface area contributed by atoms with E-state index < -0.39 is 5.97 Å². The smallest absolute Gasteiger partial charge is 0.303 e. The molecule has 0 aromatic rings. The molecule has 0 radical (unpaired) electrons. The summed E-state index contributed by atoms with van der Waals surface area (Å²) in [6.07, 6.45) is 9.05. The minimum absolute atomic E-state index is 0.297. The summed E-state index contributed by atoms with van der Waals surface area (Å²) >= 11 is 0. The Morgan fingerprint density at radius 2 is 1.73 bits per heavy atom. The van der Waals surface area contributed by atoms with E-state index >= 15 is 0 Å². The normalized spacial score (nSPS) is 12.7. The highest BCUT2D eigenvalue weighted by molar-refractivity contribution is 5.66. The van der Waals surface area contributed by atoms with Crippen LogP contribution >= 0.6 is 0 Å². The molecule has 0 spiro atoms. The zero-order valence-corrected chi connectivity index (χ0v) is 9.87. The summed E-state index contributed by atoms with van der Waals surface area (Å²) in [7, 11) is 0. The second-order valence-corrected chi connectivity index (χ2v) is 4.25. The molecule has 0 rings (SSSR count). The maximum Gasteiger partial charge on any atom is 0.303 e. The Bertz CT molecular complexity index is 160. The molecule has 0 amide bonds. The van der Waals surface area contributed by atoms with Gasteiger partial charge in [-0.1, -0.05) is 39.0 Å². The minimum Gasteiger partial charge on any atom is -0.481 e. The predicted molar refractivity (Wildman–Crippen MR) is 62.8 cm³/mol. The third-order valence-electron chi connectivity index (χ3n) is 2.64. The number of carbonyl (C=O) groups is 1. The van der Waals surface area contributed by atoms with Crippen LogP contribution in [0.15, 0.2) is 0 Å². The molecular formula is C12H25NO2. The number of unbranched alkanes of at least 4 members (excludes halogenated alkanes) is 4. The summed E-state index contributed by atoms with van der Waals surface area (Å²) in [5.74, 6) is -0.692. The Balaban J connectivity index is 3.16. The maximum atomic E-state index is 10.2. The fourth-order valence-electron chi connectivity index (χ4n) is 1.66. The second-order valence-electron chi connectivity index (χ2n) is 4.25. The molecule has 0 aromatic carbocycles. The van der Waals surface area contributed by atoms with Crippen LogP contribution in [0.5, 0.6) is 0 Å². The Morgan fingerprint density at radius 1 is 1.13 bits per heavy atom. The van der Waals surface area contributed by atoms with Gasteiger partial charge >= 0.3 is 5.97 Å². The van der Waals surface area contributed by atoms with E-state index in [2.05, 4.69) is 6.92 Å². The topological polar surface area (TPSA) is 63.3 Å². The number of hydrogen-bond acceptors (Lipinski definition) is 2. The van der Waals surface area contributed by atoms with Gasteiger partial charge in [-0.15, -0.1) is 0 Å². The van der Waals surface area contributed by atoms with Crippen molar-refractivity contribution >= 4 is 5.97 Å². The van der Waals surface area contributed by atoms with Crippen LogP contribution in [-0.2, 0) is 4.79 Å². The molecule has 3 N–H and O–H groups in total. The summed E-state index contributed by atoms with van der Waals surface area (Å²) in [6.45, 7) is 2.19. The fourth-order valence-corrected chi connectivity index (χ4v) is 1.66. The van der Waals surface area contributed by atoms with Gasteiger partial charge in [0.15, 0.2) is 0 Å². The van der Waals surface area contributed by atoms with Gasteiger partial charge in [-0.2, -0.15) is 0 Å². The van der Waals surface area contributed by atoms with E-state index in [-0.39, 0.29) is 0 Å². The lowest BCUT2D eigenvalue weighted by atomic mass is 10.0. The lowest BCUT2D eigenvalue weighted by Crippen LogP contribution is -2.19. The number of carboxylic acid groups (broad SMARTS) is 1. The van der Waals surface area contributed by atoms with Crippen molar-refractivity contribution in [3.8, 4) is 0 Å². The average molecular weight is 215 g/mol. The minimum atomic E-state index is -0.692. The van der Waals surface area contributed by atoms with Crippen LogP contribution in [0.3, 0.4) is 0 Å². The molecule has 0 bridgehead atoms. The fraction of sp³-hybridized carbons (Fsp3) is 0.917. The Labute approximate surface area is 93.0 Å². The summed E-state index contributed by atoms with van der Waals surface area (Å²) in [5.41, 5.74) is 5.94. The lowest BCUT2D eigenvalue weighted by molar-refractivity contribution is -0.137. The highest BCUT2D eigenvalue weighted by Gasteiger charge is 2.02. The Hall–Kier alpha value is -0.570. The number of carboxylic acids is 1. The van der Waals surface area contributed by atoms with Gasteiger partial charge in [-0.05, 0) is 19.3 Å². The standard InChI is InChI=1S/C12H25NO2/c1-2-3-5-8-11(13)9-6-4-7-10-12(14)15/h11H,2-10,13H2,1H3,(H,14,15). The monoisotopic (exact) mass is 215 g/mol. The van der Waals surface area contributed by atoms with Crippen molar-refractivity contribution in [2.45, 2.75) is 70.8 Å². The molecule has 3 nitrogen and oxygen atoms in total. The number of hydrogen-bond donors (Lipinski definition) is 2. The second kappa shape index (κ2) is 9.97. The van der Waals surface area contributed by atoms with Crippen LogP contribution in [0.4, 0.5) is 0 Å². The molecule has 1 atom stereocenters. The lowest BCUT2D eigenvalue weighted by Gasteiger charge is -2.10. The summed E-state index contributed by atoms with van der Waals surface area (Å²) in [5, 5.41) is 8.44. The Morgan fingerprint density at radius 3 is 2.27 bits per heavy atom. The van der Waals surface area contributed by atoms with Crippen molar-refractivity contribution in [3.63, 3.8) is 0 Å². The van der Waals surface area contributed by atoms with Gasteiger partial charge in [0.05, 0.1) is 0 Å². The predicted octanol–water partition coefficient (Wildman–Crippen LogP) is 2.93. The van der Waals surface area contributed by atoms with Gasteiger partial charge in [0.25, 0.3) is 0 Å². The van der Waals surface area contributed by atoms with Crippen molar-refractivity contribution in [1.29, 1.82) is 0 Å². The molecular weight excluding hydrogens is 190 g/mol. The summed E-state index contributed by atoms with van der Waals surface area (Å²) < 4.78 is 0. The van der Waals surface area contributed by atoms with E-state index in [0.29, 0.717) is 12.5 Å². The van der Waals surface area contributed by atoms with Crippen molar-refractivity contribution < 1.29 is 9.90 Å². The van der Waals surface area contributed by atoms with Gasteiger partial charge in [-0.25, -0.2) is 0 Å². The SMILES string of the molecule is CCCCCC(N)CCCCCC(=O)O. The third kappa shape index (κ3) is 11.4. The summed E-state index contributed by atoms with van der Waals surface area (Å²) in [4.78, 5) is 10.2. The number of aliphatic carboxylic acids is 1. The molecule has 0 aliphatic heterocycles. The van der Waals surface area contributed by atoms with Gasteiger partial charge in [0, 0.05) is 12.5 Å². The molecule has 1 unspecified atom stereocenters. The first-order valence-electron chi connectivity index (χ1n) is 6.14. The van der Waals surface area contributed by atoms with Crippen LogP contribution in [0.2, 0.25) is 0 Å². The van der Waals surface area contributed by atoms with Gasteiger partial charge in [0.1, 0.15) is 0 Å². The van der Waals surface area contributed by atoms with E-state index in [1.54, 1.807) is 0 Å². The number of nitrogens with two attached hydrogens (primary N) is 1. The van der Waals surface area contributed by atoms with Crippen LogP contribution in [0.25, 0.3) is 0 Å². The van der Waals surface area contributed by atoms with Crippen LogP contribution in [0, 0.1) is 0 Å². The molecule has 3 heteroatoms. The molecule has 15 heavy (non-hydrogen) atoms. The molecule has 0 aromatic heterocycles. The van der Waals surface area contributed by atoms with Crippen molar-refractivity contribution in [1.82, 2.24) is 0 Å². The van der Waals surface area contributed by atoms with Crippen LogP contribution < -0.4 is 5.73 Å². The molecule has 0 heterocycles. The van der Waals surface area contributed by atoms with E-state index in [9.17, 15) is 4.79 Å². The maximum absolute atomic E-state index is 10.2. The highest BCUT2D eigenvalue weighted by atomic mass is 16.4. The van der Waals surface area contributed by atoms with Crippen molar-refractivity contribution in [3.05, 3.63) is 0 Å². The summed E-state index contributed by atoms with van der Waals surface area (Å²) in [6, 6.07) is 0.321. The van der Waals surface area contributed by atoms with Crippen LogP contribution in [0.1, 0.15) is 64.7 Å². The first kappa shape index (κ1) is 14.4. The number of rotatable bonds is 10. The van der Waals surface area contributed by atoms with E-state index in [0.717, 1.165) is 32.1 Å². The van der Waals surface area contributed by atoms with E-state index in [1.165, 1.54) is 19.3 Å². The van der Waals surface area contributed by atoms with Crippen molar-refractivity contribution in [2.75, 3.05) is 0 Å². The van der Waals surface area contributed by atoms with Crippen LogP contribution in [-0.4, -0.2) is 17.1 Å². The molecule has 90 valence electrons. The molecule has 0 aliphatic rings. The first-order valence-corrected chi connectivity index (χ1v) is 6.14. The molecule has 0 saturated carbocycles. The first-order chi connectivity index (χ1) is 7.16. The zero-order valence-electron chi connectivity index (χ0n) is 9.87. The third-order valence-corrected chi connectivity index (χ3v) is 2.64. The molecule has 0 saturated heterocycles. The Kier molecular flexibility index (Phi) is 9.59. The zero-order chi connectivity index (χ0) is 11.5. The van der Waals surface area contributed by atoms with E-state index in [1.807, 2.05) is 0 Å². The molecule has 0 fully saturated rings. The van der Waals surface area contributed by atoms with E-state index in [4.69, 9.17) is 10.8 Å². The van der Waals surface area contributed by atoms with Gasteiger partial charge in [-0.3, -0.25) is 4.79 Å². The van der Waals surface area contributed by atoms with Crippen molar-refractivity contribution in [2.24, 2.45) is 5.73 Å². The van der Waals surface area contributed by atoms with Gasteiger partial charge < -0.3 is 10.8 Å².